The van der Waals surface area contributed by atoms with Gasteiger partial charge in [-0.25, -0.2) is 0 Å². The molecule has 1 aromatic heterocycles. The van der Waals surface area contributed by atoms with E-state index in [-0.39, 0.29) is 5.41 Å². The molecule has 0 fully saturated rings. The lowest BCUT2D eigenvalue weighted by molar-refractivity contribution is 0.557. The van der Waals surface area contributed by atoms with Crippen molar-refractivity contribution in [2.75, 3.05) is 0 Å². The fraction of sp³-hybridized carbons (Fsp3) is 0.333. The zero-order chi connectivity index (χ0) is 10.3. The van der Waals surface area contributed by atoms with Gasteiger partial charge in [-0.1, -0.05) is 36.7 Å². The Morgan fingerprint density at radius 2 is 1.93 bits per heavy atom. The zero-order valence-corrected chi connectivity index (χ0v) is 10.2. The van der Waals surface area contributed by atoms with Gasteiger partial charge in [-0.15, -0.1) is 0 Å². The van der Waals surface area contributed by atoms with Gasteiger partial charge in [-0.3, -0.25) is 0 Å². The molecule has 0 N–H and O–H groups in total. The van der Waals surface area contributed by atoms with Gasteiger partial charge in [0.15, 0.2) is 0 Å². The molecule has 0 aliphatic carbocycles. The molecule has 2 aromatic rings. The normalized spacial score (nSPS) is 12.3. The molecule has 0 spiro atoms. The first-order valence-corrected chi connectivity index (χ1v) is 5.45. The molecular weight excluding hydrogens is 240 g/mol. The lowest BCUT2D eigenvalue weighted by Crippen LogP contribution is -2.09. The molecule has 1 heterocycles. The van der Waals surface area contributed by atoms with Crippen LogP contribution < -0.4 is 0 Å². The van der Waals surface area contributed by atoms with E-state index in [0.717, 1.165) is 10.1 Å². The second kappa shape index (κ2) is 3.13. The van der Waals surface area contributed by atoms with Crippen LogP contribution in [0.2, 0.25) is 0 Å². The average molecular weight is 253 g/mol. The summed E-state index contributed by atoms with van der Waals surface area (Å²) in [5.41, 5.74) is 2.35. The van der Waals surface area contributed by atoms with Crippen LogP contribution in [0.5, 0.6) is 0 Å². The van der Waals surface area contributed by atoms with Crippen LogP contribution in [0.3, 0.4) is 0 Å². The van der Waals surface area contributed by atoms with Crippen LogP contribution in [0.15, 0.2) is 33.4 Å². The Kier molecular flexibility index (Phi) is 2.18. The predicted molar refractivity (Wildman–Crippen MR) is 62.6 cm³/mol. The van der Waals surface area contributed by atoms with E-state index in [1.54, 1.807) is 0 Å². The molecule has 1 nitrogen and oxygen atoms in total. The molecule has 0 amide bonds. The largest absolute Gasteiger partial charge is 0.464 e. The van der Waals surface area contributed by atoms with Crippen LogP contribution in [0.1, 0.15) is 26.3 Å². The number of hydrogen-bond acceptors (Lipinski definition) is 1. The van der Waals surface area contributed by atoms with Crippen molar-refractivity contribution in [3.8, 4) is 0 Å². The summed E-state index contributed by atoms with van der Waals surface area (Å²) in [6.45, 7) is 6.58. The quantitative estimate of drug-likeness (QED) is 0.674. The minimum atomic E-state index is 0.131. The van der Waals surface area contributed by atoms with Crippen molar-refractivity contribution in [3.63, 3.8) is 0 Å². The summed E-state index contributed by atoms with van der Waals surface area (Å²) in [6, 6.07) is 6.10. The summed E-state index contributed by atoms with van der Waals surface area (Å²) in [5, 5.41) is 1.20. The van der Waals surface area contributed by atoms with Crippen molar-refractivity contribution in [2.24, 2.45) is 0 Å². The molecule has 14 heavy (non-hydrogen) atoms. The number of halogens is 1. The molecule has 0 bridgehead atoms. The molecule has 0 atom stereocenters. The van der Waals surface area contributed by atoms with Crippen LogP contribution in [0, 0.1) is 0 Å². The Labute approximate surface area is 92.2 Å². The van der Waals surface area contributed by atoms with E-state index in [1.807, 2.05) is 18.4 Å². The van der Waals surface area contributed by atoms with Crippen LogP contribution in [-0.4, -0.2) is 0 Å². The molecule has 0 unspecified atom stereocenters. The van der Waals surface area contributed by atoms with Gasteiger partial charge in [0.25, 0.3) is 0 Å². The molecule has 0 aliphatic heterocycles. The summed E-state index contributed by atoms with van der Waals surface area (Å²) >= 11 is 3.48. The Bertz CT molecular complexity index is 463. The Hall–Kier alpha value is -0.760. The second-order valence-electron chi connectivity index (χ2n) is 4.54. The second-order valence-corrected chi connectivity index (χ2v) is 5.46. The first kappa shape index (κ1) is 9.78. The van der Waals surface area contributed by atoms with Gasteiger partial charge in [0, 0.05) is 15.4 Å². The van der Waals surface area contributed by atoms with Crippen LogP contribution >= 0.6 is 15.9 Å². The number of hydrogen-bond donors (Lipinski definition) is 0. The summed E-state index contributed by atoms with van der Waals surface area (Å²) < 4.78 is 6.60. The van der Waals surface area contributed by atoms with E-state index in [9.17, 15) is 0 Å². The maximum atomic E-state index is 5.51. The molecular formula is C12H13BrO. The predicted octanol–water partition coefficient (Wildman–Crippen LogP) is 4.49. The van der Waals surface area contributed by atoms with E-state index in [2.05, 4.69) is 42.8 Å². The molecule has 2 heteroatoms. The van der Waals surface area contributed by atoms with Gasteiger partial charge < -0.3 is 4.42 Å². The van der Waals surface area contributed by atoms with Crippen molar-refractivity contribution in [1.29, 1.82) is 0 Å². The van der Waals surface area contributed by atoms with E-state index < -0.39 is 0 Å². The molecule has 1 aromatic carbocycles. The Morgan fingerprint density at radius 3 is 2.57 bits per heavy atom. The average Bonchev–Trinajstić information content (AvgIpc) is 2.45. The molecule has 2 rings (SSSR count). The third kappa shape index (κ3) is 1.59. The van der Waals surface area contributed by atoms with Crippen molar-refractivity contribution >= 4 is 26.9 Å². The summed E-state index contributed by atoms with van der Waals surface area (Å²) in [6.07, 6.45) is 1.86. The monoisotopic (exact) mass is 252 g/mol. The smallest absolute Gasteiger partial charge is 0.134 e. The molecule has 0 saturated carbocycles. The van der Waals surface area contributed by atoms with Crippen molar-refractivity contribution in [3.05, 3.63) is 34.5 Å². The SMILES string of the molecule is CC(C)(C)c1coc2ccc(Br)cc12. The summed E-state index contributed by atoms with van der Waals surface area (Å²) in [5.74, 6) is 0. The number of rotatable bonds is 0. The van der Waals surface area contributed by atoms with Crippen LogP contribution in [0.25, 0.3) is 11.0 Å². The van der Waals surface area contributed by atoms with E-state index in [1.165, 1.54) is 10.9 Å². The van der Waals surface area contributed by atoms with Crippen molar-refractivity contribution in [2.45, 2.75) is 26.2 Å². The summed E-state index contributed by atoms with van der Waals surface area (Å²) in [4.78, 5) is 0. The lowest BCUT2D eigenvalue weighted by atomic mass is 9.87. The first-order valence-electron chi connectivity index (χ1n) is 4.66. The zero-order valence-electron chi connectivity index (χ0n) is 8.60. The van der Waals surface area contributed by atoms with E-state index in [4.69, 9.17) is 4.42 Å². The maximum Gasteiger partial charge on any atom is 0.134 e. The molecule has 74 valence electrons. The van der Waals surface area contributed by atoms with Gasteiger partial charge in [0.2, 0.25) is 0 Å². The molecule has 0 aliphatic rings. The van der Waals surface area contributed by atoms with Gasteiger partial charge in [-0.05, 0) is 23.6 Å². The highest BCUT2D eigenvalue weighted by molar-refractivity contribution is 9.10. The highest BCUT2D eigenvalue weighted by Gasteiger charge is 2.19. The van der Waals surface area contributed by atoms with Gasteiger partial charge in [0.05, 0.1) is 6.26 Å². The van der Waals surface area contributed by atoms with Gasteiger partial charge >= 0.3 is 0 Å². The number of benzene rings is 1. The minimum absolute atomic E-state index is 0.131. The number of fused-ring (bicyclic) bond motifs is 1. The maximum absolute atomic E-state index is 5.51. The Balaban J connectivity index is 2.73. The first-order chi connectivity index (χ1) is 6.48. The summed E-state index contributed by atoms with van der Waals surface area (Å²) in [7, 11) is 0. The molecule has 0 saturated heterocycles. The highest BCUT2D eigenvalue weighted by atomic mass is 79.9. The Morgan fingerprint density at radius 1 is 1.21 bits per heavy atom. The molecule has 0 radical (unpaired) electrons. The topological polar surface area (TPSA) is 13.1 Å². The standard InChI is InChI=1S/C12H13BrO/c1-12(2,3)10-7-14-11-5-4-8(13)6-9(10)11/h4-7H,1-3H3. The van der Waals surface area contributed by atoms with Crippen LogP contribution in [0.4, 0.5) is 0 Å². The fourth-order valence-corrected chi connectivity index (χ4v) is 1.94. The van der Waals surface area contributed by atoms with E-state index in [0.29, 0.717) is 0 Å². The van der Waals surface area contributed by atoms with E-state index >= 15 is 0 Å². The minimum Gasteiger partial charge on any atom is -0.464 e. The number of furan rings is 1. The van der Waals surface area contributed by atoms with Gasteiger partial charge in [-0.2, -0.15) is 0 Å². The van der Waals surface area contributed by atoms with Crippen LogP contribution in [-0.2, 0) is 5.41 Å². The van der Waals surface area contributed by atoms with Crippen molar-refractivity contribution in [1.82, 2.24) is 0 Å². The van der Waals surface area contributed by atoms with Gasteiger partial charge in [0.1, 0.15) is 5.58 Å². The third-order valence-corrected chi connectivity index (χ3v) is 2.84. The van der Waals surface area contributed by atoms with Crippen molar-refractivity contribution < 1.29 is 4.42 Å². The lowest BCUT2D eigenvalue weighted by Gasteiger charge is -2.16. The fourth-order valence-electron chi connectivity index (χ4n) is 1.58. The third-order valence-electron chi connectivity index (χ3n) is 2.34. The highest BCUT2D eigenvalue weighted by Crippen LogP contribution is 2.32.